The van der Waals surface area contributed by atoms with Gasteiger partial charge in [0.1, 0.15) is 4.90 Å². The highest BCUT2D eigenvalue weighted by Gasteiger charge is 2.32. The van der Waals surface area contributed by atoms with Crippen molar-refractivity contribution in [2.45, 2.75) is 17.7 Å². The van der Waals surface area contributed by atoms with Crippen LogP contribution < -0.4 is 9.21 Å². The van der Waals surface area contributed by atoms with Gasteiger partial charge in [0.05, 0.1) is 18.2 Å². The Balaban J connectivity index is 1.75. The lowest BCUT2D eigenvalue weighted by Gasteiger charge is -2.32. The standard InChI is InChI=1S/C17H19ClN4O3S/c18-14-5-1-2-6-15(14)26(23,24)22-7-3-4-13-12-19-17(20-16(13)22)21-8-10-25-11-9-21/h1-2,5-6,12H,3-4,7-11H2. The van der Waals surface area contributed by atoms with E-state index in [2.05, 4.69) is 9.97 Å². The molecular formula is C17H19ClN4O3S. The number of ether oxygens (including phenoxy) is 1. The average molecular weight is 395 g/mol. The van der Waals surface area contributed by atoms with Crippen molar-refractivity contribution in [1.29, 1.82) is 0 Å². The molecule has 138 valence electrons. The second-order valence-corrected chi connectivity index (χ2v) is 8.47. The number of aromatic nitrogens is 2. The van der Waals surface area contributed by atoms with Crippen molar-refractivity contribution in [3.05, 3.63) is 41.0 Å². The largest absolute Gasteiger partial charge is 0.378 e. The van der Waals surface area contributed by atoms with E-state index < -0.39 is 10.0 Å². The molecule has 1 aromatic heterocycles. The molecule has 2 aliphatic heterocycles. The molecule has 9 heteroatoms. The predicted molar refractivity (Wildman–Crippen MR) is 99.4 cm³/mol. The van der Waals surface area contributed by atoms with Gasteiger partial charge < -0.3 is 9.64 Å². The van der Waals surface area contributed by atoms with E-state index in [4.69, 9.17) is 16.3 Å². The summed E-state index contributed by atoms with van der Waals surface area (Å²) < 4.78 is 33.1. The third kappa shape index (κ3) is 3.13. The fraction of sp³-hybridized carbons (Fsp3) is 0.412. The van der Waals surface area contributed by atoms with Gasteiger partial charge in [0.25, 0.3) is 10.0 Å². The van der Waals surface area contributed by atoms with Gasteiger partial charge in [-0.15, -0.1) is 0 Å². The van der Waals surface area contributed by atoms with Gasteiger partial charge in [-0.05, 0) is 25.0 Å². The molecule has 0 N–H and O–H groups in total. The molecule has 0 unspecified atom stereocenters. The fourth-order valence-electron chi connectivity index (χ4n) is 3.22. The van der Waals surface area contributed by atoms with E-state index in [1.807, 2.05) is 4.90 Å². The number of benzene rings is 1. The number of hydrogen-bond acceptors (Lipinski definition) is 6. The van der Waals surface area contributed by atoms with Gasteiger partial charge in [-0.2, -0.15) is 4.98 Å². The minimum absolute atomic E-state index is 0.0982. The molecule has 0 bridgehead atoms. The van der Waals surface area contributed by atoms with Crippen LogP contribution in [0.3, 0.4) is 0 Å². The first-order valence-electron chi connectivity index (χ1n) is 8.53. The Morgan fingerprint density at radius 2 is 1.88 bits per heavy atom. The third-order valence-corrected chi connectivity index (χ3v) is 6.86. The summed E-state index contributed by atoms with van der Waals surface area (Å²) in [6.07, 6.45) is 3.21. The SMILES string of the molecule is O=S(=O)(c1ccccc1Cl)N1CCCc2cnc(N3CCOCC3)nc21. The molecule has 0 spiro atoms. The van der Waals surface area contributed by atoms with Crippen LogP contribution in [0.5, 0.6) is 0 Å². The van der Waals surface area contributed by atoms with Crippen molar-refractivity contribution in [3.63, 3.8) is 0 Å². The van der Waals surface area contributed by atoms with Gasteiger partial charge in [0, 0.05) is 31.4 Å². The van der Waals surface area contributed by atoms with E-state index >= 15 is 0 Å². The van der Waals surface area contributed by atoms with Crippen LogP contribution in [0.1, 0.15) is 12.0 Å². The number of fused-ring (bicyclic) bond motifs is 1. The van der Waals surface area contributed by atoms with Crippen LogP contribution in [0, 0.1) is 0 Å². The highest BCUT2D eigenvalue weighted by atomic mass is 35.5. The van der Waals surface area contributed by atoms with E-state index in [9.17, 15) is 8.42 Å². The van der Waals surface area contributed by atoms with Gasteiger partial charge >= 0.3 is 0 Å². The Hall–Kier alpha value is -1.90. The molecule has 0 saturated carbocycles. The molecule has 0 atom stereocenters. The van der Waals surface area contributed by atoms with E-state index in [0.717, 1.165) is 18.4 Å². The highest BCUT2D eigenvalue weighted by molar-refractivity contribution is 7.93. The van der Waals surface area contributed by atoms with Crippen LogP contribution in [-0.2, 0) is 21.2 Å². The van der Waals surface area contributed by atoms with Gasteiger partial charge in [-0.25, -0.2) is 17.7 Å². The zero-order valence-electron chi connectivity index (χ0n) is 14.1. The number of aryl methyl sites for hydroxylation is 1. The lowest BCUT2D eigenvalue weighted by Crippen LogP contribution is -2.39. The van der Waals surface area contributed by atoms with Crippen molar-refractivity contribution in [1.82, 2.24) is 9.97 Å². The van der Waals surface area contributed by atoms with Gasteiger partial charge in [0.2, 0.25) is 5.95 Å². The Kier molecular flexibility index (Phi) is 4.73. The lowest BCUT2D eigenvalue weighted by atomic mass is 10.1. The van der Waals surface area contributed by atoms with Gasteiger partial charge in [-0.1, -0.05) is 23.7 Å². The normalized spacial score (nSPS) is 17.9. The molecule has 1 fully saturated rings. The van der Waals surface area contributed by atoms with Crippen molar-refractivity contribution in [2.24, 2.45) is 0 Å². The second kappa shape index (κ2) is 7.02. The summed E-state index contributed by atoms with van der Waals surface area (Å²) in [6.45, 7) is 2.98. The van der Waals surface area contributed by atoms with Crippen molar-refractivity contribution in [2.75, 3.05) is 42.1 Å². The molecule has 1 saturated heterocycles. The van der Waals surface area contributed by atoms with Crippen molar-refractivity contribution >= 4 is 33.4 Å². The topological polar surface area (TPSA) is 75.6 Å². The molecule has 4 rings (SSSR count). The molecule has 1 aromatic carbocycles. The Morgan fingerprint density at radius 3 is 2.65 bits per heavy atom. The molecule has 2 aromatic rings. The predicted octanol–water partition coefficient (Wildman–Crippen LogP) is 2.11. The smallest absolute Gasteiger partial charge is 0.266 e. The Morgan fingerprint density at radius 1 is 1.12 bits per heavy atom. The van der Waals surface area contributed by atoms with Crippen LogP contribution in [0.25, 0.3) is 0 Å². The summed E-state index contributed by atoms with van der Waals surface area (Å²) >= 11 is 6.15. The number of anilines is 2. The Bertz CT molecular complexity index is 916. The quantitative estimate of drug-likeness (QED) is 0.793. The maximum atomic E-state index is 13.2. The van der Waals surface area contributed by atoms with Crippen LogP contribution in [-0.4, -0.2) is 51.2 Å². The van der Waals surface area contributed by atoms with Crippen LogP contribution >= 0.6 is 11.6 Å². The van der Waals surface area contributed by atoms with Crippen LogP contribution in [0.2, 0.25) is 5.02 Å². The zero-order valence-corrected chi connectivity index (χ0v) is 15.7. The lowest BCUT2D eigenvalue weighted by molar-refractivity contribution is 0.122. The minimum atomic E-state index is -3.79. The number of hydrogen-bond donors (Lipinski definition) is 0. The molecule has 3 heterocycles. The van der Waals surface area contributed by atoms with E-state index in [0.29, 0.717) is 44.6 Å². The van der Waals surface area contributed by atoms with Gasteiger partial charge in [-0.3, -0.25) is 0 Å². The summed E-state index contributed by atoms with van der Waals surface area (Å²) in [5, 5.41) is 0.210. The van der Waals surface area contributed by atoms with Crippen molar-refractivity contribution in [3.8, 4) is 0 Å². The molecule has 0 radical (unpaired) electrons. The highest BCUT2D eigenvalue weighted by Crippen LogP contribution is 2.33. The molecule has 26 heavy (non-hydrogen) atoms. The summed E-state index contributed by atoms with van der Waals surface area (Å²) in [5.74, 6) is 0.987. The number of rotatable bonds is 3. The zero-order chi connectivity index (χ0) is 18.1. The van der Waals surface area contributed by atoms with Crippen molar-refractivity contribution < 1.29 is 13.2 Å². The maximum Gasteiger partial charge on any atom is 0.266 e. The fourth-order valence-corrected chi connectivity index (χ4v) is 5.21. The first-order valence-corrected chi connectivity index (χ1v) is 10.3. The van der Waals surface area contributed by atoms with E-state index in [1.165, 1.54) is 10.4 Å². The van der Waals surface area contributed by atoms with Gasteiger partial charge in [0.15, 0.2) is 5.82 Å². The summed E-state index contributed by atoms with van der Waals surface area (Å²) in [6, 6.07) is 6.49. The second-order valence-electron chi connectivity index (χ2n) is 6.23. The first kappa shape index (κ1) is 17.5. The Labute approximate surface area is 157 Å². The molecule has 7 nitrogen and oxygen atoms in total. The number of nitrogens with zero attached hydrogens (tertiary/aromatic N) is 4. The summed E-state index contributed by atoms with van der Waals surface area (Å²) in [4.78, 5) is 11.1. The maximum absolute atomic E-state index is 13.2. The van der Waals surface area contributed by atoms with Crippen LogP contribution in [0.4, 0.5) is 11.8 Å². The molecule has 2 aliphatic rings. The summed E-state index contributed by atoms with van der Waals surface area (Å²) in [7, 11) is -3.79. The molecule has 0 amide bonds. The third-order valence-electron chi connectivity index (χ3n) is 4.57. The monoisotopic (exact) mass is 394 g/mol. The van der Waals surface area contributed by atoms with E-state index in [-0.39, 0.29) is 9.92 Å². The first-order chi connectivity index (χ1) is 12.6. The summed E-state index contributed by atoms with van der Waals surface area (Å²) in [5.41, 5.74) is 0.837. The van der Waals surface area contributed by atoms with Crippen LogP contribution in [0.15, 0.2) is 35.4 Å². The molecular weight excluding hydrogens is 376 g/mol. The number of halogens is 1. The number of morpholine rings is 1. The number of sulfonamides is 1. The average Bonchev–Trinajstić information content (AvgIpc) is 2.68. The molecule has 0 aliphatic carbocycles. The van der Waals surface area contributed by atoms with E-state index in [1.54, 1.807) is 24.4 Å². The minimum Gasteiger partial charge on any atom is -0.378 e.